The van der Waals surface area contributed by atoms with Gasteiger partial charge in [-0.25, -0.2) is 8.78 Å². The third-order valence-electron chi connectivity index (χ3n) is 1.71. The lowest BCUT2D eigenvalue weighted by molar-refractivity contribution is 0.509. The molecule has 5 heteroatoms. The summed E-state index contributed by atoms with van der Waals surface area (Å²) >= 11 is 4.57. The fraction of sp³-hybridized carbons (Fsp3) is 0.222. The van der Waals surface area contributed by atoms with Gasteiger partial charge >= 0.3 is 0 Å². The Bertz CT molecular complexity index is 366. The highest BCUT2D eigenvalue weighted by Crippen LogP contribution is 2.20. The molecule has 0 saturated carbocycles. The topological polar surface area (TPSA) is 38.0 Å². The fourth-order valence-electron chi connectivity index (χ4n) is 1.07. The van der Waals surface area contributed by atoms with Gasteiger partial charge in [0.1, 0.15) is 4.99 Å². The van der Waals surface area contributed by atoms with Gasteiger partial charge in [-0.15, -0.1) is 0 Å². The highest BCUT2D eigenvalue weighted by molar-refractivity contribution is 7.80. The van der Waals surface area contributed by atoms with Crippen LogP contribution in [0.5, 0.6) is 0 Å². The largest absolute Gasteiger partial charge is 0.389 e. The van der Waals surface area contributed by atoms with Crippen LogP contribution < -0.4 is 11.1 Å². The number of halogens is 2. The van der Waals surface area contributed by atoms with Crippen LogP contribution >= 0.6 is 12.2 Å². The molecule has 0 amide bonds. The highest BCUT2D eigenvalue weighted by Gasteiger charge is 2.13. The summed E-state index contributed by atoms with van der Waals surface area (Å²) in [5.41, 5.74) is 5.26. The van der Waals surface area contributed by atoms with Gasteiger partial charge in [0, 0.05) is 12.1 Å². The Morgan fingerprint density at radius 2 is 2.07 bits per heavy atom. The molecule has 1 aromatic rings. The first-order valence-electron chi connectivity index (χ1n) is 4.09. The summed E-state index contributed by atoms with van der Waals surface area (Å²) in [4.78, 5) is -0.149. The van der Waals surface area contributed by atoms with Crippen molar-refractivity contribution in [2.45, 2.75) is 6.92 Å². The second kappa shape index (κ2) is 4.32. The van der Waals surface area contributed by atoms with Crippen molar-refractivity contribution in [3.05, 3.63) is 29.3 Å². The number of nitrogens with two attached hydrogens (primary N) is 1. The minimum atomic E-state index is -1.00. The van der Waals surface area contributed by atoms with Crippen molar-refractivity contribution in [3.8, 4) is 0 Å². The van der Waals surface area contributed by atoms with E-state index in [1.807, 2.05) is 0 Å². The first kappa shape index (κ1) is 10.8. The molecule has 0 aliphatic heterocycles. The summed E-state index contributed by atoms with van der Waals surface area (Å²) in [5.74, 6) is -1.95. The Morgan fingerprint density at radius 1 is 1.43 bits per heavy atom. The van der Waals surface area contributed by atoms with E-state index in [9.17, 15) is 8.78 Å². The third-order valence-corrected chi connectivity index (χ3v) is 1.93. The molecule has 0 unspecified atom stereocenters. The summed E-state index contributed by atoms with van der Waals surface area (Å²) in [6.45, 7) is 2.31. The summed E-state index contributed by atoms with van der Waals surface area (Å²) in [6.07, 6.45) is 0. The van der Waals surface area contributed by atoms with Crippen LogP contribution in [0.4, 0.5) is 14.5 Å². The Balaban J connectivity index is 3.19. The van der Waals surface area contributed by atoms with Crippen molar-refractivity contribution in [2.75, 3.05) is 11.9 Å². The van der Waals surface area contributed by atoms with Crippen molar-refractivity contribution in [3.63, 3.8) is 0 Å². The molecule has 0 atom stereocenters. The van der Waals surface area contributed by atoms with Gasteiger partial charge < -0.3 is 11.1 Å². The SMILES string of the molecule is CCNc1ccc(C(N)=S)c(F)c1F. The highest BCUT2D eigenvalue weighted by atomic mass is 32.1. The molecule has 0 bridgehead atoms. The van der Waals surface area contributed by atoms with Gasteiger partial charge in [-0.05, 0) is 19.1 Å². The molecule has 1 rings (SSSR count). The van der Waals surface area contributed by atoms with Crippen molar-refractivity contribution in [1.82, 2.24) is 0 Å². The molecule has 2 nitrogen and oxygen atoms in total. The number of hydrogen-bond donors (Lipinski definition) is 2. The molecule has 0 aliphatic carbocycles. The maximum Gasteiger partial charge on any atom is 0.182 e. The van der Waals surface area contributed by atoms with Crippen LogP contribution in [0.2, 0.25) is 0 Å². The van der Waals surface area contributed by atoms with Crippen LogP contribution in [0.1, 0.15) is 12.5 Å². The van der Waals surface area contributed by atoms with Gasteiger partial charge in [0.15, 0.2) is 11.6 Å². The van der Waals surface area contributed by atoms with E-state index < -0.39 is 11.6 Å². The Kier molecular flexibility index (Phi) is 3.35. The molecule has 0 aliphatic rings. The molecular formula is C9H10F2N2S. The average molecular weight is 216 g/mol. The molecule has 3 N–H and O–H groups in total. The third kappa shape index (κ3) is 1.98. The van der Waals surface area contributed by atoms with Crippen molar-refractivity contribution < 1.29 is 8.78 Å². The number of thiocarbonyl (C=S) groups is 1. The predicted molar refractivity (Wildman–Crippen MR) is 56.4 cm³/mol. The molecule has 0 saturated heterocycles. The first-order chi connectivity index (χ1) is 6.57. The van der Waals surface area contributed by atoms with E-state index in [4.69, 9.17) is 5.73 Å². The first-order valence-corrected chi connectivity index (χ1v) is 4.50. The Labute approximate surface area is 86.1 Å². The molecule has 0 heterocycles. The standard InChI is InChI=1S/C9H10F2N2S/c1-2-13-6-4-3-5(9(12)14)7(10)8(6)11/h3-4,13H,2H2,1H3,(H2,12,14). The van der Waals surface area contributed by atoms with Crippen molar-refractivity contribution in [2.24, 2.45) is 5.73 Å². The van der Waals surface area contributed by atoms with Gasteiger partial charge in [-0.1, -0.05) is 12.2 Å². The van der Waals surface area contributed by atoms with Gasteiger partial charge in [0.05, 0.1) is 5.69 Å². The minimum Gasteiger partial charge on any atom is -0.389 e. The number of anilines is 1. The fourth-order valence-corrected chi connectivity index (χ4v) is 1.22. The molecule has 0 spiro atoms. The van der Waals surface area contributed by atoms with Crippen LogP contribution in [0.15, 0.2) is 12.1 Å². The summed E-state index contributed by atoms with van der Waals surface area (Å²) in [5, 5.41) is 2.68. The smallest absolute Gasteiger partial charge is 0.182 e. The Morgan fingerprint density at radius 3 is 2.57 bits per heavy atom. The maximum atomic E-state index is 13.3. The number of nitrogens with one attached hydrogen (secondary N) is 1. The van der Waals surface area contributed by atoms with E-state index in [0.717, 1.165) is 0 Å². The quantitative estimate of drug-likeness (QED) is 0.759. The van der Waals surface area contributed by atoms with Crippen LogP contribution in [0.25, 0.3) is 0 Å². The maximum absolute atomic E-state index is 13.3. The van der Waals surface area contributed by atoms with E-state index in [-0.39, 0.29) is 16.2 Å². The predicted octanol–water partition coefficient (Wildman–Crippen LogP) is 2.03. The number of hydrogen-bond acceptors (Lipinski definition) is 2. The number of rotatable bonds is 3. The molecule has 0 aromatic heterocycles. The van der Waals surface area contributed by atoms with E-state index in [1.54, 1.807) is 6.92 Å². The van der Waals surface area contributed by atoms with Crippen molar-refractivity contribution in [1.29, 1.82) is 0 Å². The molecule has 0 fully saturated rings. The van der Waals surface area contributed by atoms with E-state index in [1.165, 1.54) is 12.1 Å². The lowest BCUT2D eigenvalue weighted by Crippen LogP contribution is -2.13. The van der Waals surface area contributed by atoms with E-state index in [0.29, 0.717) is 6.54 Å². The van der Waals surface area contributed by atoms with Crippen LogP contribution in [-0.4, -0.2) is 11.5 Å². The zero-order valence-corrected chi connectivity index (χ0v) is 8.42. The molecular weight excluding hydrogens is 206 g/mol. The van der Waals surface area contributed by atoms with Gasteiger partial charge in [-0.2, -0.15) is 0 Å². The van der Waals surface area contributed by atoms with Gasteiger partial charge in [0.2, 0.25) is 0 Å². The zero-order valence-electron chi connectivity index (χ0n) is 7.60. The van der Waals surface area contributed by atoms with E-state index in [2.05, 4.69) is 17.5 Å². The van der Waals surface area contributed by atoms with Gasteiger partial charge in [0.25, 0.3) is 0 Å². The minimum absolute atomic E-state index is 0.0702. The van der Waals surface area contributed by atoms with Crippen LogP contribution in [0.3, 0.4) is 0 Å². The zero-order chi connectivity index (χ0) is 10.7. The number of benzene rings is 1. The van der Waals surface area contributed by atoms with Crippen LogP contribution in [0, 0.1) is 11.6 Å². The monoisotopic (exact) mass is 216 g/mol. The normalized spacial score (nSPS) is 9.93. The second-order valence-electron chi connectivity index (χ2n) is 2.68. The molecule has 14 heavy (non-hydrogen) atoms. The second-order valence-corrected chi connectivity index (χ2v) is 3.12. The van der Waals surface area contributed by atoms with Crippen LogP contribution in [-0.2, 0) is 0 Å². The lowest BCUT2D eigenvalue weighted by atomic mass is 10.2. The summed E-state index contributed by atoms with van der Waals surface area (Å²) < 4.78 is 26.5. The molecule has 76 valence electrons. The Hall–Kier alpha value is -1.23. The molecule has 0 radical (unpaired) electrons. The average Bonchev–Trinajstić information content (AvgIpc) is 2.13. The molecule has 1 aromatic carbocycles. The van der Waals surface area contributed by atoms with E-state index >= 15 is 0 Å². The van der Waals surface area contributed by atoms with Crippen molar-refractivity contribution >= 4 is 22.9 Å². The summed E-state index contributed by atoms with van der Waals surface area (Å²) in [6, 6.07) is 2.77. The van der Waals surface area contributed by atoms with Gasteiger partial charge in [-0.3, -0.25) is 0 Å². The summed E-state index contributed by atoms with van der Waals surface area (Å²) in [7, 11) is 0. The lowest BCUT2D eigenvalue weighted by Gasteiger charge is -2.07.